The van der Waals surface area contributed by atoms with Gasteiger partial charge in [-0.25, -0.2) is 14.6 Å². The fourth-order valence-electron chi connectivity index (χ4n) is 2.58. The molecule has 1 N–H and O–H groups in total. The largest absolute Gasteiger partial charge is 0.457 e. The molecule has 0 atom stereocenters. The van der Waals surface area contributed by atoms with Crippen molar-refractivity contribution >= 4 is 22.8 Å². The van der Waals surface area contributed by atoms with Crippen LogP contribution in [0.5, 0.6) is 11.5 Å². The first-order valence-corrected chi connectivity index (χ1v) is 8.00. The number of hydrogen-bond donors (Lipinski definition) is 1. The number of anilines is 1. The average molecular weight is 345 g/mol. The van der Waals surface area contributed by atoms with E-state index >= 15 is 0 Å². The molecule has 2 heterocycles. The van der Waals surface area contributed by atoms with Gasteiger partial charge in [0, 0.05) is 6.92 Å². The molecule has 0 spiro atoms. The third-order valence-electron chi connectivity index (χ3n) is 3.72. The standard InChI is InChI=1S/C19H15N5O2/c1-13(25)23-18-17-11-22-24(19(17)21-12-20-18)14-7-9-16(10-8-14)26-15-5-3-2-4-6-15/h2-12H,1H3,(H,20,21,23,25). The zero-order valence-electron chi connectivity index (χ0n) is 14.0. The highest BCUT2D eigenvalue weighted by Crippen LogP contribution is 2.25. The Bertz CT molecular complexity index is 1060. The van der Waals surface area contributed by atoms with Crippen LogP contribution < -0.4 is 10.1 Å². The van der Waals surface area contributed by atoms with Gasteiger partial charge >= 0.3 is 0 Å². The number of hydrogen-bond acceptors (Lipinski definition) is 5. The number of rotatable bonds is 4. The number of benzene rings is 2. The third-order valence-corrected chi connectivity index (χ3v) is 3.72. The topological polar surface area (TPSA) is 81.9 Å². The molecule has 0 aliphatic heterocycles. The molecule has 2 aromatic heterocycles. The second kappa shape index (κ2) is 6.64. The maximum atomic E-state index is 11.3. The molecule has 0 unspecified atom stereocenters. The van der Waals surface area contributed by atoms with Crippen LogP contribution in [-0.2, 0) is 4.79 Å². The minimum Gasteiger partial charge on any atom is -0.457 e. The van der Waals surface area contributed by atoms with Gasteiger partial charge in [0.05, 0.1) is 17.3 Å². The van der Waals surface area contributed by atoms with E-state index in [9.17, 15) is 4.79 Å². The van der Waals surface area contributed by atoms with E-state index in [0.717, 1.165) is 17.2 Å². The van der Waals surface area contributed by atoms with E-state index in [1.807, 2.05) is 54.6 Å². The van der Waals surface area contributed by atoms with Crippen LogP contribution in [0.25, 0.3) is 16.7 Å². The molecule has 0 bridgehead atoms. The van der Waals surface area contributed by atoms with Gasteiger partial charge in [-0.05, 0) is 36.4 Å². The molecular formula is C19H15N5O2. The fraction of sp³-hybridized carbons (Fsp3) is 0.0526. The SMILES string of the molecule is CC(=O)Nc1ncnc2c1cnn2-c1ccc(Oc2ccccc2)cc1. The molecule has 0 fully saturated rings. The van der Waals surface area contributed by atoms with Gasteiger partial charge < -0.3 is 10.1 Å². The predicted octanol–water partition coefficient (Wildman–Crippen LogP) is 3.57. The molecule has 2 aromatic carbocycles. The molecule has 128 valence electrons. The molecule has 0 saturated carbocycles. The van der Waals surface area contributed by atoms with Crippen molar-refractivity contribution in [1.29, 1.82) is 0 Å². The van der Waals surface area contributed by atoms with Crippen molar-refractivity contribution in [2.75, 3.05) is 5.32 Å². The van der Waals surface area contributed by atoms with Crippen molar-refractivity contribution in [2.24, 2.45) is 0 Å². The highest BCUT2D eigenvalue weighted by Gasteiger charge is 2.12. The van der Waals surface area contributed by atoms with Crippen molar-refractivity contribution in [1.82, 2.24) is 19.7 Å². The Kier molecular flexibility index (Phi) is 4.03. The summed E-state index contributed by atoms with van der Waals surface area (Å²) in [7, 11) is 0. The Hall–Kier alpha value is -3.74. The van der Waals surface area contributed by atoms with Crippen LogP contribution in [-0.4, -0.2) is 25.7 Å². The Morgan fingerprint density at radius 3 is 2.46 bits per heavy atom. The Morgan fingerprint density at radius 2 is 1.73 bits per heavy atom. The first kappa shape index (κ1) is 15.8. The number of fused-ring (bicyclic) bond motifs is 1. The van der Waals surface area contributed by atoms with Crippen molar-refractivity contribution in [3.8, 4) is 17.2 Å². The Morgan fingerprint density at radius 1 is 1.00 bits per heavy atom. The first-order chi connectivity index (χ1) is 12.7. The summed E-state index contributed by atoms with van der Waals surface area (Å²) in [6.45, 7) is 1.43. The van der Waals surface area contributed by atoms with Crippen molar-refractivity contribution in [3.63, 3.8) is 0 Å². The zero-order valence-corrected chi connectivity index (χ0v) is 14.0. The summed E-state index contributed by atoms with van der Waals surface area (Å²) >= 11 is 0. The maximum Gasteiger partial charge on any atom is 0.222 e. The highest BCUT2D eigenvalue weighted by molar-refractivity contribution is 5.97. The van der Waals surface area contributed by atoms with Crippen LogP contribution in [0.15, 0.2) is 67.1 Å². The molecule has 0 aliphatic rings. The molecule has 4 rings (SSSR count). The van der Waals surface area contributed by atoms with E-state index in [1.165, 1.54) is 13.3 Å². The van der Waals surface area contributed by atoms with Crippen LogP contribution in [0.4, 0.5) is 5.82 Å². The molecule has 0 saturated heterocycles. The van der Waals surface area contributed by atoms with Gasteiger partial charge in [-0.3, -0.25) is 4.79 Å². The summed E-state index contributed by atoms with van der Waals surface area (Å²) in [6.07, 6.45) is 3.04. The lowest BCUT2D eigenvalue weighted by molar-refractivity contribution is -0.114. The number of amides is 1. The van der Waals surface area contributed by atoms with E-state index in [2.05, 4.69) is 20.4 Å². The van der Waals surface area contributed by atoms with Crippen LogP contribution >= 0.6 is 0 Å². The van der Waals surface area contributed by atoms with E-state index in [0.29, 0.717) is 16.9 Å². The predicted molar refractivity (Wildman–Crippen MR) is 97.5 cm³/mol. The molecule has 1 amide bonds. The lowest BCUT2D eigenvalue weighted by Crippen LogP contribution is -2.08. The maximum absolute atomic E-state index is 11.3. The van der Waals surface area contributed by atoms with Crippen LogP contribution in [0.3, 0.4) is 0 Å². The highest BCUT2D eigenvalue weighted by atomic mass is 16.5. The number of para-hydroxylation sites is 1. The molecule has 7 heteroatoms. The van der Waals surface area contributed by atoms with Crippen LogP contribution in [0.1, 0.15) is 6.92 Å². The second-order valence-corrected chi connectivity index (χ2v) is 5.61. The Balaban J connectivity index is 1.64. The summed E-state index contributed by atoms with van der Waals surface area (Å²) in [5.74, 6) is 1.75. The number of carbonyl (C=O) groups is 1. The normalized spacial score (nSPS) is 10.7. The van der Waals surface area contributed by atoms with Crippen molar-refractivity contribution in [2.45, 2.75) is 6.92 Å². The van der Waals surface area contributed by atoms with Gasteiger partial charge in [0.15, 0.2) is 5.65 Å². The molecule has 0 radical (unpaired) electrons. The number of nitrogens with zero attached hydrogens (tertiary/aromatic N) is 4. The van der Waals surface area contributed by atoms with E-state index < -0.39 is 0 Å². The fourth-order valence-corrected chi connectivity index (χ4v) is 2.58. The molecule has 0 aliphatic carbocycles. The number of nitrogens with one attached hydrogen (secondary N) is 1. The summed E-state index contributed by atoms with van der Waals surface area (Å²) in [5, 5.41) is 7.73. The summed E-state index contributed by atoms with van der Waals surface area (Å²) in [6, 6.07) is 17.1. The molecule has 7 nitrogen and oxygen atoms in total. The van der Waals surface area contributed by atoms with E-state index in [1.54, 1.807) is 10.9 Å². The minimum atomic E-state index is -0.194. The van der Waals surface area contributed by atoms with Crippen molar-refractivity contribution in [3.05, 3.63) is 67.1 Å². The Labute approximate surface area is 149 Å². The molecular weight excluding hydrogens is 330 g/mol. The van der Waals surface area contributed by atoms with Gasteiger partial charge in [-0.15, -0.1) is 0 Å². The van der Waals surface area contributed by atoms with E-state index in [4.69, 9.17) is 4.74 Å². The zero-order chi connectivity index (χ0) is 17.9. The number of carbonyl (C=O) groups excluding carboxylic acids is 1. The molecule has 4 aromatic rings. The number of aromatic nitrogens is 4. The average Bonchev–Trinajstić information content (AvgIpc) is 3.08. The van der Waals surface area contributed by atoms with Gasteiger partial charge in [0.1, 0.15) is 23.6 Å². The van der Waals surface area contributed by atoms with E-state index in [-0.39, 0.29) is 5.91 Å². The van der Waals surface area contributed by atoms with Crippen LogP contribution in [0, 0.1) is 0 Å². The van der Waals surface area contributed by atoms with Crippen molar-refractivity contribution < 1.29 is 9.53 Å². The second-order valence-electron chi connectivity index (χ2n) is 5.61. The monoisotopic (exact) mass is 345 g/mol. The summed E-state index contributed by atoms with van der Waals surface area (Å²) in [4.78, 5) is 19.7. The lowest BCUT2D eigenvalue weighted by Gasteiger charge is -2.07. The van der Waals surface area contributed by atoms with Gasteiger partial charge in [-0.2, -0.15) is 5.10 Å². The quantitative estimate of drug-likeness (QED) is 0.611. The third kappa shape index (κ3) is 3.10. The lowest BCUT2D eigenvalue weighted by atomic mass is 10.3. The van der Waals surface area contributed by atoms with Gasteiger partial charge in [-0.1, -0.05) is 18.2 Å². The number of ether oxygens (including phenoxy) is 1. The summed E-state index contributed by atoms with van der Waals surface area (Å²) in [5.41, 5.74) is 1.44. The summed E-state index contributed by atoms with van der Waals surface area (Å²) < 4.78 is 7.49. The molecule has 26 heavy (non-hydrogen) atoms. The first-order valence-electron chi connectivity index (χ1n) is 8.00. The van der Waals surface area contributed by atoms with Gasteiger partial charge in [0.2, 0.25) is 5.91 Å². The smallest absolute Gasteiger partial charge is 0.222 e. The minimum absolute atomic E-state index is 0.194. The van der Waals surface area contributed by atoms with Crippen LogP contribution in [0.2, 0.25) is 0 Å². The van der Waals surface area contributed by atoms with Gasteiger partial charge in [0.25, 0.3) is 0 Å².